The van der Waals surface area contributed by atoms with Gasteiger partial charge < -0.3 is 4.74 Å². The summed E-state index contributed by atoms with van der Waals surface area (Å²) in [7, 11) is 0. The zero-order valence-corrected chi connectivity index (χ0v) is 13.7. The first-order chi connectivity index (χ1) is 10.4. The fourth-order valence-electron chi connectivity index (χ4n) is 3.55. The lowest BCUT2D eigenvalue weighted by Crippen LogP contribution is -2.62. The summed E-state index contributed by atoms with van der Waals surface area (Å²) in [4.78, 5) is 16.9. The van der Waals surface area contributed by atoms with Gasteiger partial charge in [0.05, 0.1) is 0 Å². The minimum absolute atomic E-state index is 0.150. The first-order valence-electron chi connectivity index (χ1n) is 8.14. The van der Waals surface area contributed by atoms with E-state index in [0.717, 1.165) is 38.2 Å². The van der Waals surface area contributed by atoms with Gasteiger partial charge in [0, 0.05) is 43.6 Å². The Labute approximate surface area is 131 Å². The molecule has 1 N–H and O–H groups in total. The normalized spacial score (nSPS) is 26.0. The Morgan fingerprint density at radius 1 is 1.36 bits per heavy atom. The molecule has 0 radical (unpaired) electrons. The zero-order chi connectivity index (χ0) is 15.7. The Balaban J connectivity index is 1.67. The lowest BCUT2D eigenvalue weighted by atomic mass is 9.91. The van der Waals surface area contributed by atoms with E-state index < -0.39 is 5.60 Å². The molecule has 0 aromatic carbocycles. The van der Waals surface area contributed by atoms with Crippen molar-refractivity contribution in [2.75, 3.05) is 13.1 Å². The van der Waals surface area contributed by atoms with Gasteiger partial charge in [-0.2, -0.15) is 5.10 Å². The summed E-state index contributed by atoms with van der Waals surface area (Å²) < 4.78 is 5.61. The smallest absolute Gasteiger partial charge is 0.410 e. The van der Waals surface area contributed by atoms with Crippen LogP contribution >= 0.6 is 0 Å². The van der Waals surface area contributed by atoms with E-state index in [1.54, 1.807) is 6.20 Å². The first kappa shape index (κ1) is 15.3. The van der Waals surface area contributed by atoms with E-state index in [9.17, 15) is 4.79 Å². The van der Waals surface area contributed by atoms with Gasteiger partial charge in [-0.15, -0.1) is 0 Å². The highest BCUT2D eigenvalue weighted by Crippen LogP contribution is 2.30. The molecule has 1 amide bonds. The highest BCUT2D eigenvalue weighted by atomic mass is 16.6. The van der Waals surface area contributed by atoms with Crippen LogP contribution in [-0.2, 0) is 11.3 Å². The summed E-state index contributed by atoms with van der Waals surface area (Å²) in [5.74, 6) is 0. The number of aromatic amines is 1. The van der Waals surface area contributed by atoms with Crippen LogP contribution in [0.4, 0.5) is 4.79 Å². The molecule has 3 heterocycles. The van der Waals surface area contributed by atoms with Gasteiger partial charge in [0.1, 0.15) is 5.60 Å². The molecule has 3 rings (SSSR count). The number of aromatic nitrogens is 2. The van der Waals surface area contributed by atoms with Gasteiger partial charge in [0.25, 0.3) is 0 Å². The number of ether oxygens (including phenoxy) is 1. The van der Waals surface area contributed by atoms with Crippen molar-refractivity contribution in [2.24, 2.45) is 0 Å². The van der Waals surface area contributed by atoms with E-state index in [-0.39, 0.29) is 18.2 Å². The molecule has 2 aliphatic rings. The van der Waals surface area contributed by atoms with E-state index in [1.807, 2.05) is 31.7 Å². The minimum Gasteiger partial charge on any atom is -0.444 e. The Kier molecular flexibility index (Phi) is 4.12. The molecule has 1 aromatic heterocycles. The van der Waals surface area contributed by atoms with Crippen LogP contribution in [0.5, 0.6) is 0 Å². The maximum Gasteiger partial charge on any atom is 0.410 e. The summed E-state index contributed by atoms with van der Waals surface area (Å²) in [6, 6.07) is 2.55. The van der Waals surface area contributed by atoms with Crippen molar-refractivity contribution in [3.63, 3.8) is 0 Å². The van der Waals surface area contributed by atoms with Crippen LogP contribution in [0.25, 0.3) is 0 Å². The molecule has 0 spiro atoms. The van der Waals surface area contributed by atoms with Crippen LogP contribution in [0.1, 0.15) is 45.7 Å². The number of piperidine rings is 1. The summed E-state index contributed by atoms with van der Waals surface area (Å²) >= 11 is 0. The monoisotopic (exact) mass is 306 g/mol. The second-order valence-corrected chi connectivity index (χ2v) is 7.40. The summed E-state index contributed by atoms with van der Waals surface area (Å²) in [6.45, 7) is 8.47. The van der Waals surface area contributed by atoms with Gasteiger partial charge in [0.2, 0.25) is 0 Å². The van der Waals surface area contributed by atoms with Gasteiger partial charge >= 0.3 is 6.09 Å². The second-order valence-electron chi connectivity index (χ2n) is 7.40. The number of fused-ring (bicyclic) bond motifs is 2. The largest absolute Gasteiger partial charge is 0.444 e. The molecule has 2 atom stereocenters. The fraction of sp³-hybridized carbons (Fsp3) is 0.750. The molecule has 0 saturated carbocycles. The van der Waals surface area contributed by atoms with Crippen LogP contribution in [-0.4, -0.2) is 56.9 Å². The van der Waals surface area contributed by atoms with Crippen molar-refractivity contribution in [3.8, 4) is 0 Å². The average molecular weight is 306 g/mol. The lowest BCUT2D eigenvalue weighted by molar-refractivity contribution is -0.0392. The Hall–Kier alpha value is -1.56. The molecule has 2 aliphatic heterocycles. The molecule has 6 nitrogen and oxygen atoms in total. The zero-order valence-electron chi connectivity index (χ0n) is 13.7. The molecule has 6 heteroatoms. The quantitative estimate of drug-likeness (QED) is 0.911. The highest BCUT2D eigenvalue weighted by molar-refractivity contribution is 5.69. The number of nitrogens with one attached hydrogen (secondary N) is 1. The molecule has 22 heavy (non-hydrogen) atoms. The molecule has 1 aromatic rings. The number of rotatable bonds is 2. The summed E-state index contributed by atoms with van der Waals surface area (Å²) in [5, 5.41) is 7.03. The maximum atomic E-state index is 12.5. The number of hydrogen-bond acceptors (Lipinski definition) is 4. The van der Waals surface area contributed by atoms with Gasteiger partial charge in [-0.25, -0.2) is 4.79 Å². The number of hydrogen-bond donors (Lipinski definition) is 1. The molecule has 2 saturated heterocycles. The van der Waals surface area contributed by atoms with E-state index in [2.05, 4.69) is 15.1 Å². The van der Waals surface area contributed by atoms with Gasteiger partial charge in [-0.3, -0.25) is 14.9 Å². The SMILES string of the molecule is CC(C)(C)OC(=O)N1C2CCCC1CN(Cc1ccn[nH]1)C2. The highest BCUT2D eigenvalue weighted by Gasteiger charge is 2.41. The molecule has 2 unspecified atom stereocenters. The van der Waals surface area contributed by atoms with E-state index in [1.165, 1.54) is 6.42 Å². The summed E-state index contributed by atoms with van der Waals surface area (Å²) in [6.07, 6.45) is 4.97. The number of amides is 1. The van der Waals surface area contributed by atoms with Crippen molar-refractivity contribution in [2.45, 2.75) is 64.3 Å². The molecule has 122 valence electrons. The van der Waals surface area contributed by atoms with Crippen molar-refractivity contribution in [1.82, 2.24) is 20.0 Å². The van der Waals surface area contributed by atoms with Crippen LogP contribution in [0.2, 0.25) is 0 Å². The first-order valence-corrected chi connectivity index (χ1v) is 8.14. The van der Waals surface area contributed by atoms with Crippen LogP contribution in [0.15, 0.2) is 12.3 Å². The van der Waals surface area contributed by atoms with Gasteiger partial charge in [-0.05, 0) is 46.1 Å². The number of likely N-dealkylation sites (tertiary alicyclic amines) is 1. The van der Waals surface area contributed by atoms with Crippen LogP contribution in [0.3, 0.4) is 0 Å². The number of carbonyl (C=O) groups excluding carboxylic acids is 1. The topological polar surface area (TPSA) is 61.5 Å². The fourth-order valence-corrected chi connectivity index (χ4v) is 3.55. The number of H-pyrrole nitrogens is 1. The Bertz CT molecular complexity index is 495. The van der Waals surface area contributed by atoms with Crippen molar-refractivity contribution < 1.29 is 9.53 Å². The van der Waals surface area contributed by atoms with Gasteiger partial charge in [0.15, 0.2) is 0 Å². The average Bonchev–Trinajstić information content (AvgIpc) is 2.88. The molecular weight excluding hydrogens is 280 g/mol. The lowest BCUT2D eigenvalue weighted by Gasteiger charge is -2.49. The van der Waals surface area contributed by atoms with E-state index in [0.29, 0.717) is 0 Å². The van der Waals surface area contributed by atoms with Gasteiger partial charge in [-0.1, -0.05) is 0 Å². The molecular formula is C16H26N4O2. The van der Waals surface area contributed by atoms with E-state index >= 15 is 0 Å². The minimum atomic E-state index is -0.432. The summed E-state index contributed by atoms with van der Waals surface area (Å²) in [5.41, 5.74) is 0.696. The number of carbonyl (C=O) groups is 1. The second kappa shape index (κ2) is 5.91. The Morgan fingerprint density at radius 2 is 2.05 bits per heavy atom. The molecule has 2 fully saturated rings. The van der Waals surface area contributed by atoms with E-state index in [4.69, 9.17) is 4.74 Å². The number of nitrogens with zero attached hydrogens (tertiary/aromatic N) is 3. The maximum absolute atomic E-state index is 12.5. The molecule has 0 aliphatic carbocycles. The standard InChI is InChI=1S/C16H26N4O2/c1-16(2,3)22-15(21)20-13-5-4-6-14(20)11-19(10-13)9-12-7-8-17-18-12/h7-8,13-14H,4-6,9-11H2,1-3H3,(H,17,18). The van der Waals surface area contributed by atoms with Crippen molar-refractivity contribution >= 4 is 6.09 Å². The predicted octanol–water partition coefficient (Wildman–Crippen LogP) is 2.38. The third-order valence-corrected chi connectivity index (χ3v) is 4.36. The van der Waals surface area contributed by atoms with Crippen LogP contribution in [0, 0.1) is 0 Å². The molecule has 2 bridgehead atoms. The predicted molar refractivity (Wildman–Crippen MR) is 83.4 cm³/mol. The van der Waals surface area contributed by atoms with Crippen LogP contribution < -0.4 is 0 Å². The third kappa shape index (κ3) is 3.43. The number of piperazine rings is 1. The Morgan fingerprint density at radius 3 is 2.59 bits per heavy atom. The third-order valence-electron chi connectivity index (χ3n) is 4.36. The van der Waals surface area contributed by atoms with Crippen molar-refractivity contribution in [1.29, 1.82) is 0 Å². The van der Waals surface area contributed by atoms with Crippen molar-refractivity contribution in [3.05, 3.63) is 18.0 Å².